The van der Waals surface area contributed by atoms with E-state index in [1.165, 1.54) is 23.1 Å². The van der Waals surface area contributed by atoms with Gasteiger partial charge in [-0.3, -0.25) is 4.79 Å². The van der Waals surface area contributed by atoms with E-state index in [0.717, 1.165) is 0 Å². The number of rotatable bonds is 4. The summed E-state index contributed by atoms with van der Waals surface area (Å²) in [5, 5.41) is 0.679. The Hall–Kier alpha value is -2.66. The summed E-state index contributed by atoms with van der Waals surface area (Å²) in [6.45, 7) is 0.112. The lowest BCUT2D eigenvalue weighted by molar-refractivity contribution is -0.116. The van der Waals surface area contributed by atoms with Crippen LogP contribution in [0, 0.1) is 5.82 Å². The van der Waals surface area contributed by atoms with E-state index < -0.39 is 11.4 Å². The van der Waals surface area contributed by atoms with E-state index in [0.29, 0.717) is 22.2 Å². The number of nitrogens with zero attached hydrogens (tertiary/aromatic N) is 1. The van der Waals surface area contributed by atoms with E-state index >= 15 is 0 Å². The van der Waals surface area contributed by atoms with Gasteiger partial charge in [0, 0.05) is 11.5 Å². The number of carbonyl (C=O) groups excluding carboxylic acids is 1. The molecule has 3 aromatic rings. The summed E-state index contributed by atoms with van der Waals surface area (Å²) in [6.07, 6.45) is 0. The highest BCUT2D eigenvalue weighted by Crippen LogP contribution is 2.27. The molecule has 0 spiro atoms. The predicted octanol–water partition coefficient (Wildman–Crippen LogP) is 3.70. The molecule has 0 aliphatic carbocycles. The number of para-hydroxylation sites is 1. The summed E-state index contributed by atoms with van der Waals surface area (Å²) < 4.78 is 18.7. The molecule has 122 valence electrons. The Bertz CT molecular complexity index is 954. The number of anilines is 1. The molecule has 24 heavy (non-hydrogen) atoms. The molecule has 0 bridgehead atoms. The quantitative estimate of drug-likeness (QED) is 0.535. The Morgan fingerprint density at radius 3 is 2.67 bits per heavy atom. The second-order valence-electron chi connectivity index (χ2n) is 5.19. The lowest BCUT2D eigenvalue weighted by Gasteiger charge is -2.22. The Balaban J connectivity index is 2.11. The van der Waals surface area contributed by atoms with Crippen molar-refractivity contribution < 1.29 is 13.6 Å². The first-order valence-electron chi connectivity index (χ1n) is 7.22. The lowest BCUT2D eigenvalue weighted by Crippen LogP contribution is -2.31. The predicted molar refractivity (Wildman–Crippen MR) is 90.8 cm³/mol. The average Bonchev–Trinajstić information content (AvgIpc) is 2.58. The molecule has 0 atom stereocenters. The number of hydrogen-bond donors (Lipinski definition) is 0. The molecular weight excluding hydrogens is 333 g/mol. The molecule has 0 saturated heterocycles. The van der Waals surface area contributed by atoms with Crippen molar-refractivity contribution in [3.05, 3.63) is 76.4 Å². The summed E-state index contributed by atoms with van der Waals surface area (Å²) in [5.74, 6) is -1.02. The molecule has 2 aromatic carbocycles. The zero-order chi connectivity index (χ0) is 17.1. The van der Waals surface area contributed by atoms with Crippen molar-refractivity contribution in [2.45, 2.75) is 6.54 Å². The molecule has 4 nitrogen and oxygen atoms in total. The van der Waals surface area contributed by atoms with Gasteiger partial charge in [0.15, 0.2) is 5.58 Å². The summed E-state index contributed by atoms with van der Waals surface area (Å²) in [4.78, 5) is 25.2. The molecule has 0 radical (unpaired) electrons. The zero-order valence-electron chi connectivity index (χ0n) is 12.5. The highest BCUT2D eigenvalue weighted by Gasteiger charge is 2.19. The molecule has 0 unspecified atom stereocenters. The fourth-order valence-corrected chi connectivity index (χ4v) is 2.63. The van der Waals surface area contributed by atoms with Crippen LogP contribution in [-0.4, -0.2) is 11.8 Å². The minimum absolute atomic E-state index is 0.112. The van der Waals surface area contributed by atoms with Gasteiger partial charge >= 0.3 is 5.63 Å². The normalized spacial score (nSPS) is 10.8. The first-order chi connectivity index (χ1) is 11.6. The minimum Gasteiger partial charge on any atom is -0.420 e. The summed E-state index contributed by atoms with van der Waals surface area (Å²) in [6, 6.07) is 14.1. The smallest absolute Gasteiger partial charge is 0.336 e. The Morgan fingerprint density at radius 1 is 1.12 bits per heavy atom. The number of benzene rings is 2. The van der Waals surface area contributed by atoms with E-state index in [1.54, 1.807) is 36.4 Å². The van der Waals surface area contributed by atoms with Gasteiger partial charge in [0.25, 0.3) is 0 Å². The van der Waals surface area contributed by atoms with Gasteiger partial charge in [-0.1, -0.05) is 24.3 Å². The molecule has 0 saturated carbocycles. The van der Waals surface area contributed by atoms with E-state index in [4.69, 9.17) is 16.0 Å². The van der Waals surface area contributed by atoms with Crippen molar-refractivity contribution in [3.8, 4) is 0 Å². The third kappa shape index (κ3) is 3.31. The number of fused-ring (bicyclic) bond motifs is 1. The van der Waals surface area contributed by atoms with E-state index in [9.17, 15) is 14.0 Å². The zero-order valence-corrected chi connectivity index (χ0v) is 13.3. The number of hydrogen-bond acceptors (Lipinski definition) is 3. The van der Waals surface area contributed by atoms with Crippen LogP contribution >= 0.6 is 11.6 Å². The third-order valence-electron chi connectivity index (χ3n) is 3.56. The van der Waals surface area contributed by atoms with Crippen molar-refractivity contribution in [2.75, 3.05) is 10.8 Å². The molecule has 0 aliphatic heterocycles. The number of alkyl halides is 1. The second kappa shape index (κ2) is 6.84. The highest BCUT2D eigenvalue weighted by atomic mass is 35.5. The number of amides is 1. The Kier molecular flexibility index (Phi) is 4.62. The molecule has 0 N–H and O–H groups in total. The van der Waals surface area contributed by atoms with Crippen LogP contribution in [0.15, 0.2) is 63.8 Å². The molecule has 0 aliphatic rings. The molecule has 3 rings (SSSR count). The molecule has 6 heteroatoms. The SMILES string of the molecule is O=C(CCl)N(Cc1cccc(F)c1)c1cccc2ccc(=O)oc12. The van der Waals surface area contributed by atoms with Crippen LogP contribution in [0.2, 0.25) is 0 Å². The molecular formula is C18H13ClFNO3. The monoisotopic (exact) mass is 345 g/mol. The van der Waals surface area contributed by atoms with Crippen LogP contribution in [0.4, 0.5) is 10.1 Å². The van der Waals surface area contributed by atoms with Gasteiger partial charge in [-0.15, -0.1) is 11.6 Å². The van der Waals surface area contributed by atoms with Gasteiger partial charge in [-0.05, 0) is 29.8 Å². The van der Waals surface area contributed by atoms with Crippen LogP contribution < -0.4 is 10.5 Å². The van der Waals surface area contributed by atoms with Crippen molar-refractivity contribution in [1.29, 1.82) is 0 Å². The van der Waals surface area contributed by atoms with Crippen LogP contribution in [0.25, 0.3) is 11.0 Å². The number of halogens is 2. The number of carbonyl (C=O) groups is 1. The largest absolute Gasteiger partial charge is 0.420 e. The Morgan fingerprint density at radius 2 is 1.92 bits per heavy atom. The van der Waals surface area contributed by atoms with Gasteiger partial charge in [-0.25, -0.2) is 9.18 Å². The second-order valence-corrected chi connectivity index (χ2v) is 5.46. The van der Waals surface area contributed by atoms with Gasteiger partial charge < -0.3 is 9.32 Å². The fourth-order valence-electron chi connectivity index (χ4n) is 2.49. The van der Waals surface area contributed by atoms with Gasteiger partial charge in [0.05, 0.1) is 12.2 Å². The standard InChI is InChI=1S/C18H13ClFNO3/c19-10-16(22)21(11-12-3-1-5-14(20)9-12)15-6-2-4-13-7-8-17(23)24-18(13)15/h1-9H,10-11H2. The van der Waals surface area contributed by atoms with Crippen LogP contribution in [0.1, 0.15) is 5.56 Å². The average molecular weight is 346 g/mol. The van der Waals surface area contributed by atoms with Crippen LogP contribution in [-0.2, 0) is 11.3 Å². The van der Waals surface area contributed by atoms with Crippen LogP contribution in [0.3, 0.4) is 0 Å². The topological polar surface area (TPSA) is 50.5 Å². The van der Waals surface area contributed by atoms with E-state index in [-0.39, 0.29) is 18.3 Å². The summed E-state index contributed by atoms with van der Waals surface area (Å²) in [7, 11) is 0. The van der Waals surface area contributed by atoms with Gasteiger partial charge in [0.2, 0.25) is 5.91 Å². The maximum Gasteiger partial charge on any atom is 0.336 e. The maximum absolute atomic E-state index is 13.4. The van der Waals surface area contributed by atoms with Crippen molar-refractivity contribution in [3.63, 3.8) is 0 Å². The summed E-state index contributed by atoms with van der Waals surface area (Å²) >= 11 is 5.72. The first-order valence-corrected chi connectivity index (χ1v) is 7.75. The van der Waals surface area contributed by atoms with E-state index in [2.05, 4.69) is 0 Å². The Labute approximate surface area is 142 Å². The molecule has 1 amide bonds. The fraction of sp³-hybridized carbons (Fsp3) is 0.111. The van der Waals surface area contributed by atoms with Crippen molar-refractivity contribution >= 4 is 34.2 Å². The summed E-state index contributed by atoms with van der Waals surface area (Å²) in [5.41, 5.74) is 0.794. The molecule has 1 aromatic heterocycles. The molecule has 0 fully saturated rings. The van der Waals surface area contributed by atoms with Gasteiger partial charge in [0.1, 0.15) is 11.7 Å². The first kappa shape index (κ1) is 16.2. The van der Waals surface area contributed by atoms with Crippen molar-refractivity contribution in [2.24, 2.45) is 0 Å². The lowest BCUT2D eigenvalue weighted by atomic mass is 10.1. The maximum atomic E-state index is 13.4. The molecule has 1 heterocycles. The van der Waals surface area contributed by atoms with Crippen LogP contribution in [0.5, 0.6) is 0 Å². The minimum atomic E-state index is -0.515. The third-order valence-corrected chi connectivity index (χ3v) is 3.79. The highest BCUT2D eigenvalue weighted by molar-refractivity contribution is 6.29. The van der Waals surface area contributed by atoms with Gasteiger partial charge in [-0.2, -0.15) is 0 Å². The van der Waals surface area contributed by atoms with E-state index in [1.807, 2.05) is 0 Å². The van der Waals surface area contributed by atoms with Crippen molar-refractivity contribution in [1.82, 2.24) is 0 Å².